The predicted molar refractivity (Wildman–Crippen MR) is 128 cm³/mol. The van der Waals surface area contributed by atoms with E-state index in [1.54, 1.807) is 36.4 Å². The van der Waals surface area contributed by atoms with Gasteiger partial charge in [0.15, 0.2) is 0 Å². The average Bonchev–Trinajstić information content (AvgIpc) is 2.81. The van der Waals surface area contributed by atoms with Crippen LogP contribution in [0.2, 0.25) is 0 Å². The van der Waals surface area contributed by atoms with Crippen LogP contribution in [0.1, 0.15) is 22.3 Å². The molecule has 0 fully saturated rings. The zero-order valence-electron chi connectivity index (χ0n) is 18.2. The molecule has 3 aromatic carbocycles. The number of aryl methyl sites for hydroxylation is 2. The van der Waals surface area contributed by atoms with Crippen LogP contribution in [0.4, 0.5) is 0 Å². The molecule has 0 aliphatic rings. The van der Waals surface area contributed by atoms with Gasteiger partial charge in [0, 0.05) is 18.7 Å². The highest BCUT2D eigenvalue weighted by Crippen LogP contribution is 2.22. The summed E-state index contributed by atoms with van der Waals surface area (Å²) in [6.45, 7) is 4.24. The fourth-order valence-electron chi connectivity index (χ4n) is 3.80. The lowest BCUT2D eigenvalue weighted by molar-refractivity contribution is 0.408. The minimum atomic E-state index is -3.77. The molecule has 1 heterocycles. The van der Waals surface area contributed by atoms with Gasteiger partial charge in [-0.25, -0.2) is 8.42 Å². The van der Waals surface area contributed by atoms with Crippen LogP contribution < -0.4 is 5.56 Å². The van der Waals surface area contributed by atoms with Crippen molar-refractivity contribution in [2.75, 3.05) is 6.54 Å². The number of hydrogen-bond donors (Lipinski definition) is 1. The van der Waals surface area contributed by atoms with Gasteiger partial charge < -0.3 is 4.98 Å². The Balaban J connectivity index is 1.72. The summed E-state index contributed by atoms with van der Waals surface area (Å²) in [5.74, 6) is 0. The lowest BCUT2D eigenvalue weighted by Crippen LogP contribution is -2.34. The van der Waals surface area contributed by atoms with Gasteiger partial charge in [0.1, 0.15) is 0 Å². The summed E-state index contributed by atoms with van der Waals surface area (Å²) < 4.78 is 28.3. The van der Waals surface area contributed by atoms with Crippen molar-refractivity contribution in [3.05, 3.63) is 111 Å². The van der Waals surface area contributed by atoms with Gasteiger partial charge in [0.05, 0.1) is 10.4 Å². The first kappa shape index (κ1) is 22.0. The first-order valence-corrected chi connectivity index (χ1v) is 12.0. The normalized spacial score (nSPS) is 11.8. The third kappa shape index (κ3) is 4.52. The molecule has 0 amide bonds. The fourth-order valence-corrected chi connectivity index (χ4v) is 5.24. The van der Waals surface area contributed by atoms with E-state index in [9.17, 15) is 13.2 Å². The molecular weight excluding hydrogens is 420 g/mol. The molecule has 6 heteroatoms. The highest BCUT2D eigenvalue weighted by Gasteiger charge is 2.25. The van der Waals surface area contributed by atoms with E-state index in [-0.39, 0.29) is 23.5 Å². The van der Waals surface area contributed by atoms with Crippen molar-refractivity contribution in [1.82, 2.24) is 9.29 Å². The van der Waals surface area contributed by atoms with E-state index >= 15 is 0 Å². The summed E-state index contributed by atoms with van der Waals surface area (Å²) >= 11 is 0. The number of sulfonamides is 1. The number of nitrogens with zero attached hydrogens (tertiary/aromatic N) is 1. The molecule has 0 aliphatic heterocycles. The molecule has 1 aromatic heterocycles. The Kier molecular flexibility index (Phi) is 6.26. The van der Waals surface area contributed by atoms with Gasteiger partial charge in [-0.2, -0.15) is 4.31 Å². The molecule has 0 aliphatic carbocycles. The number of nitrogens with one attached hydrogen (secondary N) is 1. The van der Waals surface area contributed by atoms with Crippen molar-refractivity contribution in [3.8, 4) is 0 Å². The molecular formula is C26H26N2O3S. The minimum absolute atomic E-state index is 0.00224. The van der Waals surface area contributed by atoms with Gasteiger partial charge in [0.25, 0.3) is 5.56 Å². The quantitative estimate of drug-likeness (QED) is 0.452. The second-order valence-electron chi connectivity index (χ2n) is 7.98. The first-order valence-electron chi connectivity index (χ1n) is 10.6. The number of aromatic nitrogens is 1. The summed E-state index contributed by atoms with van der Waals surface area (Å²) in [5, 5.41) is 0.891. The van der Waals surface area contributed by atoms with E-state index in [0.717, 1.165) is 27.6 Å². The molecule has 0 bridgehead atoms. The van der Waals surface area contributed by atoms with Crippen LogP contribution in [0.15, 0.2) is 88.6 Å². The highest BCUT2D eigenvalue weighted by atomic mass is 32.2. The molecule has 0 saturated carbocycles. The zero-order chi connectivity index (χ0) is 22.7. The molecule has 4 aromatic rings. The van der Waals surface area contributed by atoms with Crippen LogP contribution in [0.5, 0.6) is 0 Å². The van der Waals surface area contributed by atoms with Gasteiger partial charge in [0.2, 0.25) is 10.0 Å². The van der Waals surface area contributed by atoms with Crippen molar-refractivity contribution in [3.63, 3.8) is 0 Å². The predicted octanol–water partition coefficient (Wildman–Crippen LogP) is 4.58. The topological polar surface area (TPSA) is 70.2 Å². The molecule has 4 rings (SSSR count). The largest absolute Gasteiger partial charge is 0.321 e. The summed E-state index contributed by atoms with van der Waals surface area (Å²) in [5.41, 5.74) is 4.10. The zero-order valence-corrected chi connectivity index (χ0v) is 19.0. The van der Waals surface area contributed by atoms with E-state index in [2.05, 4.69) is 4.98 Å². The van der Waals surface area contributed by atoms with Crippen molar-refractivity contribution in [1.29, 1.82) is 0 Å². The number of aromatic amines is 1. The van der Waals surface area contributed by atoms with E-state index < -0.39 is 10.0 Å². The Morgan fingerprint density at radius 2 is 1.53 bits per heavy atom. The summed E-state index contributed by atoms with van der Waals surface area (Å²) in [6, 6.07) is 23.9. The van der Waals surface area contributed by atoms with Crippen LogP contribution in [-0.2, 0) is 23.0 Å². The van der Waals surface area contributed by atoms with Crippen molar-refractivity contribution in [2.24, 2.45) is 0 Å². The number of benzene rings is 3. The van der Waals surface area contributed by atoms with Gasteiger partial charge in [-0.1, -0.05) is 60.7 Å². The molecule has 164 valence electrons. The van der Waals surface area contributed by atoms with E-state index in [0.29, 0.717) is 12.0 Å². The molecule has 1 N–H and O–H groups in total. The summed E-state index contributed by atoms with van der Waals surface area (Å²) in [4.78, 5) is 16.1. The molecule has 0 atom stereocenters. The number of pyridine rings is 1. The first-order chi connectivity index (χ1) is 15.4. The second kappa shape index (κ2) is 9.10. The Labute approximate surface area is 188 Å². The van der Waals surface area contributed by atoms with Crippen LogP contribution >= 0.6 is 0 Å². The van der Waals surface area contributed by atoms with Gasteiger partial charge >= 0.3 is 0 Å². The molecule has 0 spiro atoms. The van der Waals surface area contributed by atoms with E-state index in [4.69, 9.17) is 0 Å². The molecule has 5 nitrogen and oxygen atoms in total. The van der Waals surface area contributed by atoms with Crippen molar-refractivity contribution < 1.29 is 8.42 Å². The average molecular weight is 447 g/mol. The van der Waals surface area contributed by atoms with Crippen molar-refractivity contribution in [2.45, 2.75) is 31.7 Å². The number of rotatable bonds is 7. The third-order valence-corrected chi connectivity index (χ3v) is 7.71. The number of hydrogen-bond acceptors (Lipinski definition) is 3. The van der Waals surface area contributed by atoms with Crippen molar-refractivity contribution >= 4 is 20.9 Å². The maximum absolute atomic E-state index is 13.4. The van der Waals surface area contributed by atoms with Crippen LogP contribution in [0.25, 0.3) is 10.9 Å². The van der Waals surface area contributed by atoms with E-state index in [1.807, 2.05) is 56.3 Å². The summed E-state index contributed by atoms with van der Waals surface area (Å²) in [6.07, 6.45) is 0.552. The second-order valence-corrected chi connectivity index (χ2v) is 9.92. The van der Waals surface area contributed by atoms with Gasteiger partial charge in [-0.3, -0.25) is 4.79 Å². The monoisotopic (exact) mass is 446 g/mol. The number of fused-ring (bicyclic) bond motifs is 1. The Bertz CT molecular complexity index is 1400. The molecule has 0 saturated heterocycles. The molecule has 32 heavy (non-hydrogen) atoms. The Morgan fingerprint density at radius 3 is 2.22 bits per heavy atom. The molecule has 0 unspecified atom stereocenters. The maximum Gasteiger partial charge on any atom is 0.252 e. The smallest absolute Gasteiger partial charge is 0.252 e. The fraction of sp³-hybridized carbons (Fsp3) is 0.192. The Hall–Kier alpha value is -3.22. The van der Waals surface area contributed by atoms with E-state index in [1.165, 1.54) is 4.31 Å². The SMILES string of the molecule is Cc1ccc2cc(CN(CCc3ccccc3)S(=O)(=O)c3ccccc3)c(=O)[nH]c2c1C. The lowest BCUT2D eigenvalue weighted by atomic mass is 10.0. The third-order valence-electron chi connectivity index (χ3n) is 5.85. The maximum atomic E-state index is 13.4. The highest BCUT2D eigenvalue weighted by molar-refractivity contribution is 7.89. The minimum Gasteiger partial charge on any atom is -0.321 e. The lowest BCUT2D eigenvalue weighted by Gasteiger charge is -2.22. The van der Waals surface area contributed by atoms with Crippen LogP contribution in [0, 0.1) is 13.8 Å². The Morgan fingerprint density at radius 1 is 0.875 bits per heavy atom. The summed E-state index contributed by atoms with van der Waals surface area (Å²) in [7, 11) is -3.77. The molecule has 0 radical (unpaired) electrons. The standard InChI is InChI=1S/C26H26N2O3S/c1-19-13-14-22-17-23(26(29)27-25(22)20(19)2)18-28(16-15-21-9-5-3-6-10-21)32(30,31)24-11-7-4-8-12-24/h3-14,17H,15-16,18H2,1-2H3,(H,27,29). The van der Waals surface area contributed by atoms with Crippen LogP contribution in [-0.4, -0.2) is 24.3 Å². The van der Waals surface area contributed by atoms with Crippen LogP contribution in [0.3, 0.4) is 0 Å². The van der Waals surface area contributed by atoms with Gasteiger partial charge in [-0.15, -0.1) is 0 Å². The number of H-pyrrole nitrogens is 1. The van der Waals surface area contributed by atoms with Gasteiger partial charge in [-0.05, 0) is 60.5 Å².